The van der Waals surface area contributed by atoms with Gasteiger partial charge in [0.25, 0.3) is 0 Å². The van der Waals surface area contributed by atoms with Crippen molar-refractivity contribution in [3.63, 3.8) is 0 Å². The number of nitrogens with zero attached hydrogens (tertiary/aromatic N) is 4. The molecule has 0 saturated carbocycles. The van der Waals surface area contributed by atoms with E-state index in [2.05, 4.69) is 18.8 Å². The summed E-state index contributed by atoms with van der Waals surface area (Å²) < 4.78 is 49.1. The van der Waals surface area contributed by atoms with Gasteiger partial charge in [-0.05, 0) is 67.9 Å². The predicted octanol–water partition coefficient (Wildman–Crippen LogP) is 7.63. The van der Waals surface area contributed by atoms with Crippen LogP contribution in [0.25, 0.3) is 11.4 Å². The summed E-state index contributed by atoms with van der Waals surface area (Å²) >= 11 is 1.50. The average molecular weight is 605 g/mol. The van der Waals surface area contributed by atoms with Crippen molar-refractivity contribution in [2.75, 3.05) is 20.8 Å². The van der Waals surface area contributed by atoms with E-state index in [1.54, 1.807) is 61.8 Å². The Morgan fingerprint density at radius 3 is 2.19 bits per heavy atom. The minimum atomic E-state index is -0.527. The Hall–Kier alpha value is -4.31. The Labute approximate surface area is 254 Å². The molecular formula is C33H34F2N4O3S. The van der Waals surface area contributed by atoms with E-state index in [9.17, 15) is 8.78 Å². The van der Waals surface area contributed by atoms with E-state index < -0.39 is 16.0 Å². The zero-order valence-electron chi connectivity index (χ0n) is 25.0. The normalized spacial score (nSPS) is 11.9. The third kappa shape index (κ3) is 6.39. The molecule has 224 valence electrons. The summed E-state index contributed by atoms with van der Waals surface area (Å²) in [4.78, 5) is 8.83. The minimum absolute atomic E-state index is 0.162. The first-order valence-electron chi connectivity index (χ1n) is 13.7. The molecule has 0 amide bonds. The van der Waals surface area contributed by atoms with Crippen LogP contribution in [-0.4, -0.2) is 44.7 Å². The molecule has 0 saturated heterocycles. The zero-order chi connectivity index (χ0) is 30.8. The number of hydrogen-bond donors (Lipinski definition) is 0. The van der Waals surface area contributed by atoms with Crippen LogP contribution in [0.4, 0.5) is 8.78 Å². The molecule has 0 unspecified atom stereocenters. The molecule has 7 nitrogen and oxygen atoms in total. The van der Waals surface area contributed by atoms with Crippen LogP contribution in [0.5, 0.6) is 17.2 Å². The fraction of sp³-hybridized carbons (Fsp3) is 0.273. The van der Waals surface area contributed by atoms with Crippen molar-refractivity contribution in [1.82, 2.24) is 19.1 Å². The van der Waals surface area contributed by atoms with Crippen molar-refractivity contribution >= 4 is 11.8 Å². The fourth-order valence-electron chi connectivity index (χ4n) is 4.77. The summed E-state index contributed by atoms with van der Waals surface area (Å²) in [6.07, 6.45) is 6.84. The number of thioether (sulfide) groups is 1. The quantitative estimate of drug-likeness (QED) is 0.145. The van der Waals surface area contributed by atoms with Gasteiger partial charge < -0.3 is 18.8 Å². The Bertz CT molecular complexity index is 1700. The number of rotatable bonds is 11. The van der Waals surface area contributed by atoms with Crippen LogP contribution in [0, 0.1) is 11.6 Å². The van der Waals surface area contributed by atoms with Crippen LogP contribution < -0.4 is 14.2 Å². The van der Waals surface area contributed by atoms with Gasteiger partial charge in [-0.1, -0.05) is 31.7 Å². The van der Waals surface area contributed by atoms with E-state index in [1.807, 2.05) is 42.8 Å². The lowest BCUT2D eigenvalue weighted by molar-refractivity contribution is 0.274. The summed E-state index contributed by atoms with van der Waals surface area (Å²) in [6.45, 7) is 8.44. The van der Waals surface area contributed by atoms with Gasteiger partial charge in [0.05, 0.1) is 37.2 Å². The number of aromatic nitrogens is 4. The van der Waals surface area contributed by atoms with E-state index >= 15 is 0 Å². The van der Waals surface area contributed by atoms with Gasteiger partial charge in [-0.2, -0.15) is 0 Å². The van der Waals surface area contributed by atoms with Gasteiger partial charge in [0.1, 0.15) is 12.4 Å². The Balaban J connectivity index is 1.45. The highest BCUT2D eigenvalue weighted by Gasteiger charge is 2.32. The molecule has 10 heteroatoms. The SMILES string of the molecule is COc1ccc(C(C)(C)c2cnc(SC(C)(C)COc3ccc(-n4ccnc4)cc3F)n2-c2ccc(F)cc2)cc1OC. The lowest BCUT2D eigenvalue weighted by atomic mass is 9.81. The Morgan fingerprint density at radius 2 is 1.53 bits per heavy atom. The molecule has 0 spiro atoms. The van der Waals surface area contributed by atoms with Crippen molar-refractivity contribution in [3.8, 4) is 28.6 Å². The molecule has 0 fully saturated rings. The van der Waals surface area contributed by atoms with E-state index in [4.69, 9.17) is 19.2 Å². The van der Waals surface area contributed by atoms with Crippen LogP contribution >= 0.6 is 11.8 Å². The summed E-state index contributed by atoms with van der Waals surface area (Å²) in [5, 5.41) is 0.694. The molecule has 0 radical (unpaired) electrons. The number of benzene rings is 3. The van der Waals surface area contributed by atoms with E-state index in [0.29, 0.717) is 22.3 Å². The third-order valence-corrected chi connectivity index (χ3v) is 8.36. The lowest BCUT2D eigenvalue weighted by Crippen LogP contribution is -2.27. The first-order chi connectivity index (χ1) is 20.5. The summed E-state index contributed by atoms with van der Waals surface area (Å²) in [7, 11) is 3.21. The molecule has 3 aromatic carbocycles. The van der Waals surface area contributed by atoms with Gasteiger partial charge in [-0.15, -0.1) is 0 Å². The molecule has 0 atom stereocenters. The molecule has 0 aliphatic carbocycles. The zero-order valence-corrected chi connectivity index (χ0v) is 25.8. The lowest BCUT2D eigenvalue weighted by Gasteiger charge is -2.29. The van der Waals surface area contributed by atoms with Crippen molar-refractivity contribution < 1.29 is 23.0 Å². The molecule has 5 aromatic rings. The molecule has 2 heterocycles. The van der Waals surface area contributed by atoms with Gasteiger partial charge in [0, 0.05) is 35.2 Å². The van der Waals surface area contributed by atoms with Gasteiger partial charge in [0.2, 0.25) is 0 Å². The Morgan fingerprint density at radius 1 is 0.837 bits per heavy atom. The number of hydrogen-bond acceptors (Lipinski definition) is 6. The van der Waals surface area contributed by atoms with Gasteiger partial charge in [-0.25, -0.2) is 18.7 Å². The molecular weight excluding hydrogens is 570 g/mol. The summed E-state index contributed by atoms with van der Waals surface area (Å²) in [5.41, 5.74) is 2.78. The van der Waals surface area contributed by atoms with Crippen LogP contribution in [0.3, 0.4) is 0 Å². The molecule has 0 aliphatic rings. The maximum atomic E-state index is 14.9. The molecule has 5 rings (SSSR count). The molecule has 0 aliphatic heterocycles. The molecule has 43 heavy (non-hydrogen) atoms. The molecule has 0 bridgehead atoms. The highest BCUT2D eigenvalue weighted by molar-refractivity contribution is 8.00. The standard InChI is InChI=1S/C33H34F2N4O3S/c1-32(2,20-42-27-14-12-25(18-26(27)35)38-16-15-36-21-38)43-31-37-19-30(39(31)24-10-8-23(34)9-11-24)33(3,4)22-7-13-28(40-5)29(17-22)41-6/h7-19,21H,20H2,1-6H3. The first kappa shape index (κ1) is 30.2. The van der Waals surface area contributed by atoms with Gasteiger partial charge >= 0.3 is 0 Å². The van der Waals surface area contributed by atoms with E-state index in [0.717, 1.165) is 16.9 Å². The van der Waals surface area contributed by atoms with Crippen molar-refractivity contribution in [3.05, 3.63) is 108 Å². The predicted molar refractivity (Wildman–Crippen MR) is 164 cm³/mol. The van der Waals surface area contributed by atoms with Gasteiger partial charge in [-0.3, -0.25) is 4.57 Å². The maximum Gasteiger partial charge on any atom is 0.173 e. The third-order valence-electron chi connectivity index (χ3n) is 7.22. The van der Waals surface area contributed by atoms with Crippen molar-refractivity contribution in [2.24, 2.45) is 0 Å². The van der Waals surface area contributed by atoms with Crippen LogP contribution in [0.15, 0.2) is 90.7 Å². The van der Waals surface area contributed by atoms with Gasteiger partial charge in [0.15, 0.2) is 28.2 Å². The summed E-state index contributed by atoms with van der Waals surface area (Å²) in [5.74, 6) is 0.640. The second-order valence-electron chi connectivity index (χ2n) is 11.2. The average Bonchev–Trinajstić information content (AvgIpc) is 3.67. The highest BCUT2D eigenvalue weighted by Crippen LogP contribution is 2.41. The minimum Gasteiger partial charge on any atom is -0.493 e. The second kappa shape index (κ2) is 12.1. The van der Waals surface area contributed by atoms with Crippen molar-refractivity contribution in [1.29, 1.82) is 0 Å². The number of methoxy groups -OCH3 is 2. The maximum absolute atomic E-state index is 14.9. The number of ether oxygens (including phenoxy) is 3. The van der Waals surface area contributed by atoms with E-state index in [1.165, 1.54) is 30.0 Å². The largest absolute Gasteiger partial charge is 0.493 e. The molecule has 0 N–H and O–H groups in total. The first-order valence-corrected chi connectivity index (χ1v) is 14.5. The monoisotopic (exact) mass is 604 g/mol. The highest BCUT2D eigenvalue weighted by atomic mass is 32.2. The van der Waals surface area contributed by atoms with E-state index in [-0.39, 0.29) is 18.2 Å². The molecule has 2 aromatic heterocycles. The number of halogens is 2. The van der Waals surface area contributed by atoms with Crippen LogP contribution in [0.2, 0.25) is 0 Å². The van der Waals surface area contributed by atoms with Crippen LogP contribution in [-0.2, 0) is 5.41 Å². The summed E-state index contributed by atoms with van der Waals surface area (Å²) in [6, 6.07) is 17.0. The smallest absolute Gasteiger partial charge is 0.173 e. The Kier molecular flexibility index (Phi) is 8.50. The fourth-order valence-corrected chi connectivity index (χ4v) is 5.78. The van der Waals surface area contributed by atoms with Crippen LogP contribution in [0.1, 0.15) is 39.0 Å². The second-order valence-corrected chi connectivity index (χ2v) is 12.8. The topological polar surface area (TPSA) is 63.3 Å². The van der Waals surface area contributed by atoms with Crippen molar-refractivity contribution in [2.45, 2.75) is 43.0 Å². The number of imidazole rings is 2.